The smallest absolute Gasteiger partial charge is 0.340 e. The fourth-order valence-corrected chi connectivity index (χ4v) is 4.54. The maximum atomic E-state index is 12.9. The highest BCUT2D eigenvalue weighted by molar-refractivity contribution is 6.06. The standard InChI is InChI=1S/C24H22N2O2/c1-14-8-10-16(11-9-14)20-15(2)26-13-12-18-17-6-4-5-7-19(17)25-22(18)23(26)21(20)24(27)28-3/h4-11,25H,12-13H2,1-3H3. The molecule has 0 saturated heterocycles. The maximum Gasteiger partial charge on any atom is 0.340 e. The van der Waals surface area contributed by atoms with Gasteiger partial charge in [-0.3, -0.25) is 0 Å². The molecule has 5 rings (SSSR count). The molecular weight excluding hydrogens is 348 g/mol. The topological polar surface area (TPSA) is 47.0 Å². The van der Waals surface area contributed by atoms with Gasteiger partial charge in [0, 0.05) is 28.7 Å². The molecule has 3 heterocycles. The first kappa shape index (κ1) is 16.9. The number of para-hydroxylation sites is 1. The van der Waals surface area contributed by atoms with Gasteiger partial charge in [-0.2, -0.15) is 0 Å². The van der Waals surface area contributed by atoms with Crippen LogP contribution in [0.5, 0.6) is 0 Å². The lowest BCUT2D eigenvalue weighted by Gasteiger charge is -2.18. The molecule has 0 radical (unpaired) electrons. The van der Waals surface area contributed by atoms with Crippen LogP contribution in [0.1, 0.15) is 27.2 Å². The molecule has 0 unspecified atom stereocenters. The second-order valence-electron chi connectivity index (χ2n) is 7.47. The van der Waals surface area contributed by atoms with Crippen molar-refractivity contribution in [2.45, 2.75) is 26.8 Å². The first-order chi connectivity index (χ1) is 13.6. The van der Waals surface area contributed by atoms with Crippen molar-refractivity contribution in [3.63, 3.8) is 0 Å². The monoisotopic (exact) mass is 370 g/mol. The number of nitrogens with zero attached hydrogens (tertiary/aromatic N) is 1. The second-order valence-corrected chi connectivity index (χ2v) is 7.47. The number of hydrogen-bond acceptors (Lipinski definition) is 2. The van der Waals surface area contributed by atoms with Gasteiger partial charge in [0.1, 0.15) is 0 Å². The predicted octanol–water partition coefficient (Wildman–Crippen LogP) is 5.26. The second kappa shape index (κ2) is 6.13. The summed E-state index contributed by atoms with van der Waals surface area (Å²) in [6.07, 6.45) is 0.940. The van der Waals surface area contributed by atoms with Gasteiger partial charge in [-0.15, -0.1) is 0 Å². The van der Waals surface area contributed by atoms with Gasteiger partial charge in [0.2, 0.25) is 0 Å². The lowest BCUT2D eigenvalue weighted by atomic mass is 9.97. The first-order valence-electron chi connectivity index (χ1n) is 9.58. The number of aromatic amines is 1. The number of benzene rings is 2. The van der Waals surface area contributed by atoms with Gasteiger partial charge in [-0.25, -0.2) is 4.79 Å². The van der Waals surface area contributed by atoms with E-state index in [1.54, 1.807) is 0 Å². The summed E-state index contributed by atoms with van der Waals surface area (Å²) >= 11 is 0. The van der Waals surface area contributed by atoms with E-state index in [2.05, 4.69) is 65.9 Å². The third-order valence-electron chi connectivity index (χ3n) is 5.89. The Kier molecular flexibility index (Phi) is 3.69. The van der Waals surface area contributed by atoms with Crippen LogP contribution < -0.4 is 0 Å². The number of carbonyl (C=O) groups excluding carboxylic acids is 1. The summed E-state index contributed by atoms with van der Waals surface area (Å²) < 4.78 is 7.49. The van der Waals surface area contributed by atoms with Crippen LogP contribution in [0.15, 0.2) is 48.5 Å². The number of aromatic nitrogens is 2. The van der Waals surface area contributed by atoms with Crippen LogP contribution in [-0.4, -0.2) is 22.6 Å². The summed E-state index contributed by atoms with van der Waals surface area (Å²) in [5.74, 6) is -0.293. The minimum atomic E-state index is -0.293. The molecule has 0 saturated carbocycles. The molecule has 1 aliphatic heterocycles. The number of fused-ring (bicyclic) bond motifs is 5. The number of esters is 1. The molecule has 0 amide bonds. The van der Waals surface area contributed by atoms with Crippen molar-refractivity contribution in [1.82, 2.24) is 9.55 Å². The van der Waals surface area contributed by atoms with E-state index in [0.29, 0.717) is 5.56 Å². The molecule has 1 aliphatic rings. The summed E-state index contributed by atoms with van der Waals surface area (Å²) in [6.45, 7) is 5.02. The fraction of sp³-hybridized carbons (Fsp3) is 0.208. The molecule has 0 atom stereocenters. The number of aryl methyl sites for hydroxylation is 2. The van der Waals surface area contributed by atoms with E-state index in [4.69, 9.17) is 4.74 Å². The molecule has 0 aliphatic carbocycles. The van der Waals surface area contributed by atoms with Crippen molar-refractivity contribution in [1.29, 1.82) is 0 Å². The molecule has 28 heavy (non-hydrogen) atoms. The summed E-state index contributed by atoms with van der Waals surface area (Å²) in [4.78, 5) is 16.5. The molecule has 0 bridgehead atoms. The highest BCUT2D eigenvalue weighted by Crippen LogP contribution is 2.43. The van der Waals surface area contributed by atoms with Crippen LogP contribution in [0.2, 0.25) is 0 Å². The van der Waals surface area contributed by atoms with Crippen molar-refractivity contribution >= 4 is 16.9 Å². The lowest BCUT2D eigenvalue weighted by molar-refractivity contribution is 0.0602. The molecule has 1 N–H and O–H groups in total. The van der Waals surface area contributed by atoms with Crippen molar-refractivity contribution < 1.29 is 9.53 Å². The van der Waals surface area contributed by atoms with Crippen LogP contribution in [0.3, 0.4) is 0 Å². The Bertz CT molecular complexity index is 1230. The number of methoxy groups -OCH3 is 1. The van der Waals surface area contributed by atoms with Gasteiger partial charge in [0.15, 0.2) is 0 Å². The van der Waals surface area contributed by atoms with Crippen LogP contribution >= 0.6 is 0 Å². The molecule has 4 nitrogen and oxygen atoms in total. The van der Waals surface area contributed by atoms with E-state index in [9.17, 15) is 4.79 Å². The van der Waals surface area contributed by atoms with Crippen molar-refractivity contribution in [2.75, 3.05) is 7.11 Å². The molecular formula is C24H22N2O2. The molecule has 2 aromatic carbocycles. The highest BCUT2D eigenvalue weighted by atomic mass is 16.5. The number of rotatable bonds is 2. The minimum absolute atomic E-state index is 0.293. The van der Waals surface area contributed by atoms with Crippen LogP contribution in [0.25, 0.3) is 33.4 Å². The van der Waals surface area contributed by atoms with Crippen LogP contribution in [-0.2, 0) is 17.7 Å². The number of ether oxygens (including phenoxy) is 1. The Balaban J connectivity index is 1.86. The number of H-pyrrole nitrogens is 1. The Morgan fingerprint density at radius 2 is 1.82 bits per heavy atom. The number of nitrogens with one attached hydrogen (secondary N) is 1. The van der Waals surface area contributed by atoms with E-state index in [1.165, 1.54) is 23.6 Å². The quantitative estimate of drug-likeness (QED) is 0.489. The van der Waals surface area contributed by atoms with Crippen LogP contribution in [0, 0.1) is 13.8 Å². The van der Waals surface area contributed by atoms with E-state index >= 15 is 0 Å². The Labute approximate surface area is 163 Å². The molecule has 0 spiro atoms. The number of carbonyl (C=O) groups is 1. The van der Waals surface area contributed by atoms with Gasteiger partial charge in [-0.05, 0) is 37.5 Å². The van der Waals surface area contributed by atoms with Crippen molar-refractivity contribution in [3.05, 3.63) is 70.9 Å². The Morgan fingerprint density at radius 3 is 2.57 bits per heavy atom. The van der Waals surface area contributed by atoms with Crippen molar-refractivity contribution in [3.8, 4) is 22.5 Å². The zero-order valence-electron chi connectivity index (χ0n) is 16.3. The third kappa shape index (κ3) is 2.27. The normalized spacial score (nSPS) is 12.7. The molecule has 4 heteroatoms. The largest absolute Gasteiger partial charge is 0.465 e. The zero-order chi connectivity index (χ0) is 19.4. The van der Waals surface area contributed by atoms with Crippen molar-refractivity contribution in [2.24, 2.45) is 0 Å². The van der Waals surface area contributed by atoms with E-state index in [-0.39, 0.29) is 5.97 Å². The predicted molar refractivity (Wildman–Crippen MR) is 112 cm³/mol. The van der Waals surface area contributed by atoms with Gasteiger partial charge in [0.05, 0.1) is 24.1 Å². The first-order valence-corrected chi connectivity index (χ1v) is 9.58. The summed E-state index contributed by atoms with van der Waals surface area (Å²) in [5.41, 5.74) is 9.32. The summed E-state index contributed by atoms with van der Waals surface area (Å²) in [5, 5.41) is 1.23. The minimum Gasteiger partial charge on any atom is -0.465 e. The molecule has 4 aromatic rings. The maximum absolute atomic E-state index is 12.9. The van der Waals surface area contributed by atoms with Gasteiger partial charge in [0.25, 0.3) is 0 Å². The summed E-state index contributed by atoms with van der Waals surface area (Å²) in [7, 11) is 1.45. The molecule has 140 valence electrons. The Morgan fingerprint density at radius 1 is 1.07 bits per heavy atom. The molecule has 0 fully saturated rings. The molecule has 2 aromatic heterocycles. The SMILES string of the molecule is COC(=O)c1c(-c2ccc(C)cc2)c(C)n2c1-c1[nH]c3ccccc3c1CC2. The zero-order valence-corrected chi connectivity index (χ0v) is 16.3. The van der Waals surface area contributed by atoms with Gasteiger partial charge < -0.3 is 14.3 Å². The fourth-order valence-electron chi connectivity index (χ4n) is 4.54. The van der Waals surface area contributed by atoms with Gasteiger partial charge >= 0.3 is 5.97 Å². The average molecular weight is 370 g/mol. The Hall–Kier alpha value is -3.27. The van der Waals surface area contributed by atoms with E-state index in [1.807, 2.05) is 6.07 Å². The third-order valence-corrected chi connectivity index (χ3v) is 5.89. The number of hydrogen-bond donors (Lipinski definition) is 1. The van der Waals surface area contributed by atoms with Gasteiger partial charge in [-0.1, -0.05) is 48.0 Å². The van der Waals surface area contributed by atoms with Crippen LogP contribution in [0.4, 0.5) is 0 Å². The summed E-state index contributed by atoms with van der Waals surface area (Å²) in [6, 6.07) is 16.7. The highest BCUT2D eigenvalue weighted by Gasteiger charge is 2.32. The average Bonchev–Trinajstić information content (AvgIpc) is 3.24. The van der Waals surface area contributed by atoms with E-state index < -0.39 is 0 Å². The van der Waals surface area contributed by atoms with E-state index in [0.717, 1.165) is 46.7 Å². The lowest BCUT2D eigenvalue weighted by Crippen LogP contribution is -2.13.